The van der Waals surface area contributed by atoms with Crippen molar-refractivity contribution in [2.75, 3.05) is 0 Å². The van der Waals surface area contributed by atoms with Crippen LogP contribution in [0.1, 0.15) is 49.7 Å². The molecular formula is C23H28O4. The van der Waals surface area contributed by atoms with Crippen LogP contribution in [0.25, 0.3) is 0 Å². The van der Waals surface area contributed by atoms with Crippen molar-refractivity contribution in [2.45, 2.75) is 57.2 Å². The van der Waals surface area contributed by atoms with Gasteiger partial charge in [0.2, 0.25) is 0 Å². The van der Waals surface area contributed by atoms with Crippen LogP contribution in [0.2, 0.25) is 0 Å². The zero-order valence-corrected chi connectivity index (χ0v) is 15.6. The average Bonchev–Trinajstić information content (AvgIpc) is 3.21. The third-order valence-electron chi connectivity index (χ3n) is 5.57. The minimum Gasteiger partial charge on any atom is -0.489 e. The quantitative estimate of drug-likeness (QED) is 0.679. The van der Waals surface area contributed by atoms with E-state index in [0.29, 0.717) is 19.4 Å². The Morgan fingerprint density at radius 2 is 1.74 bits per heavy atom. The first-order chi connectivity index (χ1) is 13.0. The maximum atomic E-state index is 11.3. The summed E-state index contributed by atoms with van der Waals surface area (Å²) in [6.45, 7) is 0.509. The van der Waals surface area contributed by atoms with Gasteiger partial charge in [0.25, 0.3) is 0 Å². The molecule has 2 aromatic carbocycles. The van der Waals surface area contributed by atoms with E-state index < -0.39 is 11.6 Å². The van der Waals surface area contributed by atoms with Crippen LogP contribution < -0.4 is 4.74 Å². The van der Waals surface area contributed by atoms with Gasteiger partial charge < -0.3 is 14.9 Å². The minimum atomic E-state index is -1.12. The summed E-state index contributed by atoms with van der Waals surface area (Å²) in [7, 11) is 0. The molecule has 3 rings (SSSR count). The highest BCUT2D eigenvalue weighted by Crippen LogP contribution is 2.39. The number of rotatable bonds is 9. The second-order valence-electron chi connectivity index (χ2n) is 7.58. The van der Waals surface area contributed by atoms with E-state index in [1.54, 1.807) is 0 Å². The average molecular weight is 368 g/mol. The lowest BCUT2D eigenvalue weighted by Gasteiger charge is -2.33. The Bertz CT molecular complexity index is 737. The van der Waals surface area contributed by atoms with Gasteiger partial charge in [-0.2, -0.15) is 0 Å². The number of carboxylic acid groups (broad SMARTS) is 1. The normalized spacial score (nSPS) is 16.8. The molecule has 1 unspecified atom stereocenters. The van der Waals surface area contributed by atoms with E-state index in [0.717, 1.165) is 42.6 Å². The van der Waals surface area contributed by atoms with Gasteiger partial charge in [0, 0.05) is 0 Å². The van der Waals surface area contributed by atoms with Crippen molar-refractivity contribution in [3.8, 4) is 5.75 Å². The van der Waals surface area contributed by atoms with Crippen molar-refractivity contribution in [3.63, 3.8) is 0 Å². The Kier molecular flexibility index (Phi) is 6.51. The molecule has 1 saturated carbocycles. The molecule has 0 amide bonds. The monoisotopic (exact) mass is 368 g/mol. The molecule has 0 aromatic heterocycles. The number of ether oxygens (including phenoxy) is 1. The smallest absolute Gasteiger partial charge is 0.306 e. The second-order valence-corrected chi connectivity index (χ2v) is 7.58. The van der Waals surface area contributed by atoms with Gasteiger partial charge in [-0.05, 0) is 54.9 Å². The van der Waals surface area contributed by atoms with Crippen molar-refractivity contribution in [3.05, 3.63) is 65.7 Å². The van der Waals surface area contributed by atoms with Crippen LogP contribution in [0, 0.1) is 5.92 Å². The summed E-state index contributed by atoms with van der Waals surface area (Å²) in [4.78, 5) is 11.3. The van der Waals surface area contributed by atoms with Crippen molar-refractivity contribution in [1.29, 1.82) is 0 Å². The fourth-order valence-corrected chi connectivity index (χ4v) is 4.05. The van der Waals surface area contributed by atoms with E-state index in [-0.39, 0.29) is 12.3 Å². The molecule has 4 nitrogen and oxygen atoms in total. The van der Waals surface area contributed by atoms with Crippen molar-refractivity contribution < 1.29 is 19.7 Å². The van der Waals surface area contributed by atoms with Crippen LogP contribution in [-0.2, 0) is 17.8 Å². The highest BCUT2D eigenvalue weighted by Gasteiger charge is 2.39. The molecule has 0 spiro atoms. The fourth-order valence-electron chi connectivity index (χ4n) is 4.05. The third kappa shape index (κ3) is 5.57. The van der Waals surface area contributed by atoms with Crippen LogP contribution >= 0.6 is 0 Å². The number of benzene rings is 2. The Balaban J connectivity index is 1.61. The first-order valence-corrected chi connectivity index (χ1v) is 9.75. The molecule has 1 aliphatic carbocycles. The molecule has 0 bridgehead atoms. The molecule has 27 heavy (non-hydrogen) atoms. The maximum Gasteiger partial charge on any atom is 0.306 e. The third-order valence-corrected chi connectivity index (χ3v) is 5.57. The highest BCUT2D eigenvalue weighted by atomic mass is 16.5. The van der Waals surface area contributed by atoms with E-state index in [4.69, 9.17) is 4.74 Å². The molecule has 1 fully saturated rings. The molecular weight excluding hydrogens is 340 g/mol. The topological polar surface area (TPSA) is 66.8 Å². The first kappa shape index (κ1) is 19.4. The van der Waals surface area contributed by atoms with Gasteiger partial charge in [-0.15, -0.1) is 0 Å². The van der Waals surface area contributed by atoms with E-state index in [1.807, 2.05) is 54.6 Å². The van der Waals surface area contributed by atoms with E-state index in [2.05, 4.69) is 0 Å². The van der Waals surface area contributed by atoms with E-state index >= 15 is 0 Å². The summed E-state index contributed by atoms with van der Waals surface area (Å²) in [5, 5.41) is 20.3. The Morgan fingerprint density at radius 1 is 1.04 bits per heavy atom. The lowest BCUT2D eigenvalue weighted by atomic mass is 9.79. The number of carboxylic acids is 1. The van der Waals surface area contributed by atoms with Gasteiger partial charge >= 0.3 is 5.97 Å². The number of aryl methyl sites for hydroxylation is 1. The van der Waals surface area contributed by atoms with E-state index in [1.165, 1.54) is 0 Å². The van der Waals surface area contributed by atoms with Crippen LogP contribution in [0.5, 0.6) is 5.75 Å². The Hall–Kier alpha value is -2.33. The number of hydrogen-bond acceptors (Lipinski definition) is 3. The highest BCUT2D eigenvalue weighted by molar-refractivity contribution is 5.68. The SMILES string of the molecule is O=C(O)CC(O)(CCc1cccc(OCc2ccccc2)c1)C1CCCC1. The van der Waals surface area contributed by atoms with Gasteiger partial charge in [0.05, 0.1) is 12.0 Å². The fraction of sp³-hybridized carbons (Fsp3) is 0.435. The minimum absolute atomic E-state index is 0.0890. The van der Waals surface area contributed by atoms with Crippen LogP contribution in [0.15, 0.2) is 54.6 Å². The predicted octanol–water partition coefficient (Wildman–Crippen LogP) is 4.59. The van der Waals surface area contributed by atoms with Gasteiger partial charge in [0.1, 0.15) is 12.4 Å². The summed E-state index contributed by atoms with van der Waals surface area (Å²) in [5.74, 6) is -0.0468. The van der Waals surface area contributed by atoms with Crippen molar-refractivity contribution >= 4 is 5.97 Å². The summed E-state index contributed by atoms with van der Waals surface area (Å²) in [5.41, 5.74) is 1.05. The van der Waals surface area contributed by atoms with E-state index in [9.17, 15) is 15.0 Å². The largest absolute Gasteiger partial charge is 0.489 e. The Morgan fingerprint density at radius 3 is 2.44 bits per heavy atom. The van der Waals surface area contributed by atoms with Gasteiger partial charge in [-0.25, -0.2) is 0 Å². The van der Waals surface area contributed by atoms with Gasteiger partial charge in [-0.1, -0.05) is 55.3 Å². The number of aliphatic hydroxyl groups is 1. The first-order valence-electron chi connectivity index (χ1n) is 9.75. The lowest BCUT2D eigenvalue weighted by molar-refractivity contribution is -0.145. The van der Waals surface area contributed by atoms with Crippen LogP contribution in [-0.4, -0.2) is 21.8 Å². The summed E-state index contributed by atoms with van der Waals surface area (Å²) < 4.78 is 5.87. The summed E-state index contributed by atoms with van der Waals surface area (Å²) >= 11 is 0. The van der Waals surface area contributed by atoms with Crippen molar-refractivity contribution in [2.24, 2.45) is 5.92 Å². The molecule has 1 atom stereocenters. The van der Waals surface area contributed by atoms with Crippen LogP contribution in [0.4, 0.5) is 0 Å². The van der Waals surface area contributed by atoms with Crippen LogP contribution in [0.3, 0.4) is 0 Å². The number of aliphatic carboxylic acids is 1. The molecule has 2 aromatic rings. The summed E-state index contributed by atoms with van der Waals surface area (Å²) in [6, 6.07) is 17.9. The molecule has 4 heteroatoms. The molecule has 2 N–H and O–H groups in total. The van der Waals surface area contributed by atoms with Gasteiger partial charge in [-0.3, -0.25) is 4.79 Å². The molecule has 0 radical (unpaired) electrons. The standard InChI is InChI=1S/C23H28O4/c24-22(25)16-23(26,20-10-4-5-11-20)14-13-18-9-6-12-21(15-18)27-17-19-7-2-1-3-8-19/h1-3,6-9,12,15,20,26H,4-5,10-11,13-14,16-17H2,(H,24,25). The Labute approximate surface area is 160 Å². The number of hydrogen-bond donors (Lipinski definition) is 2. The molecule has 144 valence electrons. The molecule has 0 saturated heterocycles. The summed E-state index contributed by atoms with van der Waals surface area (Å²) in [6.07, 6.45) is 4.93. The van der Waals surface area contributed by atoms with Crippen molar-refractivity contribution in [1.82, 2.24) is 0 Å². The molecule has 0 heterocycles. The molecule has 1 aliphatic rings. The number of carbonyl (C=O) groups is 1. The van der Waals surface area contributed by atoms with Gasteiger partial charge in [0.15, 0.2) is 0 Å². The predicted molar refractivity (Wildman–Crippen MR) is 105 cm³/mol. The molecule has 0 aliphatic heterocycles. The lowest BCUT2D eigenvalue weighted by Crippen LogP contribution is -2.39. The second kappa shape index (κ2) is 9.05. The zero-order chi connectivity index (χ0) is 19.1. The zero-order valence-electron chi connectivity index (χ0n) is 15.6. The maximum absolute atomic E-state index is 11.3.